The van der Waals surface area contributed by atoms with Gasteiger partial charge < -0.3 is 5.32 Å². The molecule has 104 valence electrons. The van der Waals surface area contributed by atoms with Crippen LogP contribution in [0.1, 0.15) is 16.1 Å². The highest BCUT2D eigenvalue weighted by molar-refractivity contribution is 7.90. The molecule has 0 aromatic carbocycles. The average Bonchev–Trinajstić information content (AvgIpc) is 2.45. The summed E-state index contributed by atoms with van der Waals surface area (Å²) in [5.41, 5.74) is 1.09. The number of rotatable bonds is 4. The van der Waals surface area contributed by atoms with Crippen LogP contribution in [0.4, 0.5) is 0 Å². The van der Waals surface area contributed by atoms with E-state index in [0.29, 0.717) is 11.3 Å². The fourth-order valence-electron chi connectivity index (χ4n) is 1.51. The van der Waals surface area contributed by atoms with Crippen molar-refractivity contribution in [3.63, 3.8) is 0 Å². The predicted molar refractivity (Wildman–Crippen MR) is 72.8 cm³/mol. The first-order valence-electron chi connectivity index (χ1n) is 5.80. The second-order valence-electron chi connectivity index (χ2n) is 4.18. The fraction of sp³-hybridized carbons (Fsp3) is 0.154. The predicted octanol–water partition coefficient (Wildman–Crippen LogP) is 0.810. The Hall–Kier alpha value is -2.28. The monoisotopic (exact) mass is 291 g/mol. The summed E-state index contributed by atoms with van der Waals surface area (Å²) >= 11 is 0. The van der Waals surface area contributed by atoms with E-state index in [-0.39, 0.29) is 17.3 Å². The van der Waals surface area contributed by atoms with Gasteiger partial charge in [-0.05, 0) is 24.3 Å². The number of nitrogens with zero attached hydrogens (tertiary/aromatic N) is 2. The van der Waals surface area contributed by atoms with Crippen molar-refractivity contribution in [2.24, 2.45) is 0 Å². The molecule has 1 amide bonds. The van der Waals surface area contributed by atoms with Crippen molar-refractivity contribution in [1.82, 2.24) is 15.3 Å². The maximum atomic E-state index is 11.8. The Kier molecular flexibility index (Phi) is 4.09. The molecule has 7 heteroatoms. The molecule has 0 aliphatic heterocycles. The van der Waals surface area contributed by atoms with E-state index >= 15 is 0 Å². The van der Waals surface area contributed by atoms with Crippen LogP contribution in [0.2, 0.25) is 0 Å². The highest BCUT2D eigenvalue weighted by atomic mass is 32.2. The van der Waals surface area contributed by atoms with Crippen molar-refractivity contribution >= 4 is 15.7 Å². The number of amides is 1. The average molecular weight is 291 g/mol. The van der Waals surface area contributed by atoms with Gasteiger partial charge in [0.15, 0.2) is 9.84 Å². The normalized spacial score (nSPS) is 11.1. The molecule has 0 saturated heterocycles. The maximum Gasteiger partial charge on any atom is 0.251 e. The van der Waals surface area contributed by atoms with Gasteiger partial charge in [-0.1, -0.05) is 0 Å². The van der Waals surface area contributed by atoms with Gasteiger partial charge in [0.1, 0.15) is 0 Å². The molecule has 0 unspecified atom stereocenters. The number of hydrogen-bond acceptors (Lipinski definition) is 5. The highest BCUT2D eigenvalue weighted by Gasteiger charge is 2.08. The number of aromatic nitrogens is 2. The van der Waals surface area contributed by atoms with E-state index in [1.54, 1.807) is 18.2 Å². The zero-order valence-electron chi connectivity index (χ0n) is 10.8. The van der Waals surface area contributed by atoms with Crippen LogP contribution in [0.5, 0.6) is 0 Å². The molecule has 2 heterocycles. The first-order valence-corrected chi connectivity index (χ1v) is 7.69. The Bertz CT molecular complexity index is 697. The minimum Gasteiger partial charge on any atom is -0.346 e. The summed E-state index contributed by atoms with van der Waals surface area (Å²) in [5.74, 6) is -0.235. The Morgan fingerprint density at radius 1 is 1.20 bits per heavy atom. The van der Waals surface area contributed by atoms with Crippen molar-refractivity contribution in [3.05, 3.63) is 54.1 Å². The van der Waals surface area contributed by atoms with E-state index in [9.17, 15) is 13.2 Å². The third kappa shape index (κ3) is 3.61. The van der Waals surface area contributed by atoms with Crippen molar-refractivity contribution in [3.8, 4) is 0 Å². The SMILES string of the molecule is CS(=O)(=O)c1ccc(CNC(=O)c2ccncc2)nc1. The Balaban J connectivity index is 2.00. The van der Waals surface area contributed by atoms with Crippen LogP contribution in [0.3, 0.4) is 0 Å². The number of nitrogens with one attached hydrogen (secondary N) is 1. The number of hydrogen-bond donors (Lipinski definition) is 1. The minimum absolute atomic E-state index is 0.154. The summed E-state index contributed by atoms with van der Waals surface area (Å²) in [4.78, 5) is 19.8. The van der Waals surface area contributed by atoms with Crippen LogP contribution < -0.4 is 5.32 Å². The Morgan fingerprint density at radius 2 is 1.90 bits per heavy atom. The Labute approximate surface area is 116 Å². The van der Waals surface area contributed by atoms with Crippen LogP contribution >= 0.6 is 0 Å². The van der Waals surface area contributed by atoms with E-state index in [4.69, 9.17) is 0 Å². The molecular formula is C13H13N3O3S. The van der Waals surface area contributed by atoms with Gasteiger partial charge in [0, 0.05) is 30.4 Å². The molecule has 6 nitrogen and oxygen atoms in total. The molecule has 0 saturated carbocycles. The first kappa shape index (κ1) is 14.1. The van der Waals surface area contributed by atoms with Crippen LogP contribution in [0, 0.1) is 0 Å². The van der Waals surface area contributed by atoms with Gasteiger partial charge in [0.2, 0.25) is 0 Å². The minimum atomic E-state index is -3.25. The molecule has 0 bridgehead atoms. The van der Waals surface area contributed by atoms with Crippen LogP contribution in [-0.2, 0) is 16.4 Å². The standard InChI is InChI=1S/C13H13N3O3S/c1-20(18,19)12-3-2-11(15-9-12)8-16-13(17)10-4-6-14-7-5-10/h2-7,9H,8H2,1H3,(H,16,17). The van der Waals surface area contributed by atoms with Gasteiger partial charge in [0.05, 0.1) is 17.1 Å². The summed E-state index contributed by atoms with van der Waals surface area (Å²) in [6, 6.07) is 6.25. The van der Waals surface area contributed by atoms with Crippen LogP contribution in [0.25, 0.3) is 0 Å². The van der Waals surface area contributed by atoms with Crippen LogP contribution in [0.15, 0.2) is 47.8 Å². The van der Waals surface area contributed by atoms with Gasteiger partial charge in [-0.3, -0.25) is 14.8 Å². The molecule has 0 atom stereocenters. The Morgan fingerprint density at radius 3 is 2.45 bits per heavy atom. The summed E-state index contributed by atoms with van der Waals surface area (Å²) in [6.07, 6.45) is 5.47. The van der Waals surface area contributed by atoms with E-state index in [1.807, 2.05) is 0 Å². The van der Waals surface area contributed by atoms with Crippen molar-refractivity contribution in [1.29, 1.82) is 0 Å². The second-order valence-corrected chi connectivity index (χ2v) is 6.19. The fourth-order valence-corrected chi connectivity index (χ4v) is 2.07. The van der Waals surface area contributed by atoms with E-state index in [0.717, 1.165) is 6.26 Å². The van der Waals surface area contributed by atoms with Crippen molar-refractivity contribution in [2.75, 3.05) is 6.26 Å². The van der Waals surface area contributed by atoms with E-state index < -0.39 is 9.84 Å². The largest absolute Gasteiger partial charge is 0.346 e. The first-order chi connectivity index (χ1) is 9.47. The number of carbonyl (C=O) groups excluding carboxylic acids is 1. The molecule has 2 rings (SSSR count). The van der Waals surface area contributed by atoms with Crippen molar-refractivity contribution in [2.45, 2.75) is 11.4 Å². The van der Waals surface area contributed by atoms with Crippen molar-refractivity contribution < 1.29 is 13.2 Å². The smallest absolute Gasteiger partial charge is 0.251 e. The van der Waals surface area contributed by atoms with Gasteiger partial charge in [0.25, 0.3) is 5.91 Å². The number of sulfone groups is 1. The van der Waals surface area contributed by atoms with E-state index in [2.05, 4.69) is 15.3 Å². The number of carbonyl (C=O) groups is 1. The molecule has 0 aliphatic carbocycles. The molecule has 0 radical (unpaired) electrons. The summed E-state index contributed by atoms with van der Waals surface area (Å²) in [7, 11) is -3.25. The number of pyridine rings is 2. The lowest BCUT2D eigenvalue weighted by atomic mass is 10.2. The lowest BCUT2D eigenvalue weighted by Gasteiger charge is -2.05. The second kappa shape index (κ2) is 5.79. The summed E-state index contributed by atoms with van der Waals surface area (Å²) in [6.45, 7) is 0.227. The third-order valence-corrected chi connectivity index (χ3v) is 3.70. The zero-order valence-corrected chi connectivity index (χ0v) is 11.6. The molecule has 20 heavy (non-hydrogen) atoms. The third-order valence-electron chi connectivity index (χ3n) is 2.60. The van der Waals surface area contributed by atoms with Crippen LogP contribution in [-0.4, -0.2) is 30.5 Å². The lowest BCUT2D eigenvalue weighted by molar-refractivity contribution is 0.0950. The van der Waals surface area contributed by atoms with Gasteiger partial charge in [-0.2, -0.15) is 0 Å². The summed E-state index contributed by atoms with van der Waals surface area (Å²) < 4.78 is 22.6. The summed E-state index contributed by atoms with van der Waals surface area (Å²) in [5, 5.41) is 2.69. The molecule has 0 aliphatic rings. The topological polar surface area (TPSA) is 89.0 Å². The molecular weight excluding hydrogens is 278 g/mol. The maximum absolute atomic E-state index is 11.8. The molecule has 2 aromatic heterocycles. The highest BCUT2D eigenvalue weighted by Crippen LogP contribution is 2.07. The molecule has 0 fully saturated rings. The van der Waals surface area contributed by atoms with Gasteiger partial charge >= 0.3 is 0 Å². The van der Waals surface area contributed by atoms with Gasteiger partial charge in [-0.25, -0.2) is 8.42 Å². The lowest BCUT2D eigenvalue weighted by Crippen LogP contribution is -2.23. The van der Waals surface area contributed by atoms with Gasteiger partial charge in [-0.15, -0.1) is 0 Å². The molecule has 1 N–H and O–H groups in total. The molecule has 0 spiro atoms. The molecule has 2 aromatic rings. The zero-order chi connectivity index (χ0) is 14.6. The quantitative estimate of drug-likeness (QED) is 0.900. The van der Waals surface area contributed by atoms with E-state index in [1.165, 1.54) is 24.7 Å².